The van der Waals surface area contributed by atoms with Gasteiger partial charge >= 0.3 is 0 Å². The van der Waals surface area contributed by atoms with Crippen LogP contribution in [0.15, 0.2) is 12.3 Å². The molecule has 1 aromatic heterocycles. The fourth-order valence-electron chi connectivity index (χ4n) is 1.87. The van der Waals surface area contributed by atoms with Crippen molar-refractivity contribution in [3.63, 3.8) is 0 Å². The maximum absolute atomic E-state index is 5.81. The lowest BCUT2D eigenvalue weighted by Gasteiger charge is -2.27. The summed E-state index contributed by atoms with van der Waals surface area (Å²) in [6, 6.07) is 2.08. The van der Waals surface area contributed by atoms with E-state index in [0.717, 1.165) is 30.2 Å². The van der Waals surface area contributed by atoms with Crippen LogP contribution in [0, 0.1) is 18.8 Å². The number of nitrogen functional groups attached to an aromatic ring is 1. The van der Waals surface area contributed by atoms with Crippen LogP contribution in [0.5, 0.6) is 0 Å². The molecule has 0 aliphatic rings. The lowest BCUT2D eigenvalue weighted by Crippen LogP contribution is -2.32. The third-order valence-corrected chi connectivity index (χ3v) is 2.63. The highest BCUT2D eigenvalue weighted by Crippen LogP contribution is 2.19. The van der Waals surface area contributed by atoms with Crippen LogP contribution < -0.4 is 10.6 Å². The fraction of sp³-hybridized carbons (Fsp3) is 0.643. The zero-order valence-corrected chi connectivity index (χ0v) is 11.7. The van der Waals surface area contributed by atoms with E-state index < -0.39 is 0 Å². The molecule has 96 valence electrons. The Hall–Kier alpha value is -1.25. The van der Waals surface area contributed by atoms with Crippen molar-refractivity contribution in [2.24, 2.45) is 11.8 Å². The van der Waals surface area contributed by atoms with E-state index in [1.807, 2.05) is 6.92 Å². The molecule has 0 aromatic carbocycles. The summed E-state index contributed by atoms with van der Waals surface area (Å²) in [5, 5.41) is 0. The summed E-state index contributed by atoms with van der Waals surface area (Å²) < 4.78 is 0. The van der Waals surface area contributed by atoms with Crippen LogP contribution in [-0.2, 0) is 0 Å². The van der Waals surface area contributed by atoms with Crippen LogP contribution in [-0.4, -0.2) is 18.1 Å². The first-order chi connectivity index (χ1) is 7.90. The molecule has 0 atom stereocenters. The molecular formula is C14H25N3. The molecule has 1 aromatic rings. The van der Waals surface area contributed by atoms with Crippen LogP contribution in [0.1, 0.15) is 33.3 Å². The van der Waals surface area contributed by atoms with Crippen molar-refractivity contribution >= 4 is 11.5 Å². The Balaban J connectivity index is 2.91. The smallest absolute Gasteiger partial charge is 0.128 e. The minimum absolute atomic E-state index is 0.633. The highest BCUT2D eigenvalue weighted by molar-refractivity contribution is 5.52. The Morgan fingerprint density at radius 3 is 2.12 bits per heavy atom. The van der Waals surface area contributed by atoms with Gasteiger partial charge in [0.25, 0.3) is 0 Å². The molecule has 1 heterocycles. The van der Waals surface area contributed by atoms with Gasteiger partial charge in [-0.25, -0.2) is 4.98 Å². The molecule has 0 radical (unpaired) electrons. The van der Waals surface area contributed by atoms with E-state index in [4.69, 9.17) is 5.73 Å². The largest absolute Gasteiger partial charge is 0.397 e. The van der Waals surface area contributed by atoms with Gasteiger partial charge in [-0.05, 0) is 30.4 Å². The summed E-state index contributed by atoms with van der Waals surface area (Å²) in [5.74, 6) is 2.31. The van der Waals surface area contributed by atoms with Crippen molar-refractivity contribution in [3.8, 4) is 0 Å². The summed E-state index contributed by atoms with van der Waals surface area (Å²) in [6.45, 7) is 13.0. The minimum Gasteiger partial charge on any atom is -0.397 e. The molecule has 3 nitrogen and oxygen atoms in total. The standard InChI is InChI=1S/C14H25N3/c1-10(2)8-17(9-11(3)4)14-6-12(5)13(15)7-16-14/h6-7,10-11H,8-9,15H2,1-5H3. The maximum Gasteiger partial charge on any atom is 0.128 e. The lowest BCUT2D eigenvalue weighted by atomic mass is 10.1. The Labute approximate surface area is 105 Å². The van der Waals surface area contributed by atoms with Gasteiger partial charge in [-0.3, -0.25) is 0 Å². The first-order valence-corrected chi connectivity index (χ1v) is 6.37. The molecule has 0 unspecified atom stereocenters. The number of hydrogen-bond acceptors (Lipinski definition) is 3. The summed E-state index contributed by atoms with van der Waals surface area (Å²) in [6.07, 6.45) is 1.76. The van der Waals surface area contributed by atoms with Crippen LogP contribution in [0.4, 0.5) is 11.5 Å². The number of pyridine rings is 1. The molecular weight excluding hydrogens is 210 g/mol. The Kier molecular flexibility index (Phi) is 4.79. The molecule has 1 rings (SSSR count). The van der Waals surface area contributed by atoms with Gasteiger partial charge in [0.1, 0.15) is 5.82 Å². The quantitative estimate of drug-likeness (QED) is 0.852. The van der Waals surface area contributed by atoms with Crippen LogP contribution in [0.25, 0.3) is 0 Å². The number of rotatable bonds is 5. The van der Waals surface area contributed by atoms with Crippen molar-refractivity contribution < 1.29 is 0 Å². The van der Waals surface area contributed by atoms with Crippen LogP contribution >= 0.6 is 0 Å². The normalized spacial score (nSPS) is 11.2. The zero-order chi connectivity index (χ0) is 13.0. The highest BCUT2D eigenvalue weighted by Gasteiger charge is 2.12. The summed E-state index contributed by atoms with van der Waals surface area (Å²) in [5.41, 5.74) is 7.68. The molecule has 0 amide bonds. The van der Waals surface area contributed by atoms with Gasteiger partial charge in [0.05, 0.1) is 11.9 Å². The Morgan fingerprint density at radius 1 is 1.18 bits per heavy atom. The molecule has 0 bridgehead atoms. The summed E-state index contributed by atoms with van der Waals surface area (Å²) in [7, 11) is 0. The third kappa shape index (κ3) is 4.25. The lowest BCUT2D eigenvalue weighted by molar-refractivity contribution is 0.549. The molecule has 0 saturated carbocycles. The van der Waals surface area contributed by atoms with Crippen molar-refractivity contribution in [1.82, 2.24) is 4.98 Å². The third-order valence-electron chi connectivity index (χ3n) is 2.63. The second-order valence-corrected chi connectivity index (χ2v) is 5.59. The number of nitrogens with zero attached hydrogens (tertiary/aromatic N) is 2. The van der Waals surface area contributed by atoms with Crippen molar-refractivity contribution in [3.05, 3.63) is 17.8 Å². The number of aryl methyl sites for hydroxylation is 1. The predicted molar refractivity (Wildman–Crippen MR) is 75.3 cm³/mol. The molecule has 17 heavy (non-hydrogen) atoms. The number of aromatic nitrogens is 1. The predicted octanol–water partition coefficient (Wildman–Crippen LogP) is 3.09. The molecule has 2 N–H and O–H groups in total. The average molecular weight is 235 g/mol. The van der Waals surface area contributed by atoms with Gasteiger partial charge in [0.15, 0.2) is 0 Å². The van der Waals surface area contributed by atoms with Gasteiger partial charge in [0.2, 0.25) is 0 Å². The maximum atomic E-state index is 5.81. The van der Waals surface area contributed by atoms with Crippen molar-refractivity contribution in [2.75, 3.05) is 23.7 Å². The van der Waals surface area contributed by atoms with Crippen LogP contribution in [0.3, 0.4) is 0 Å². The summed E-state index contributed by atoms with van der Waals surface area (Å²) in [4.78, 5) is 6.80. The molecule has 0 saturated heterocycles. The van der Waals surface area contributed by atoms with E-state index in [9.17, 15) is 0 Å². The summed E-state index contributed by atoms with van der Waals surface area (Å²) >= 11 is 0. The Morgan fingerprint density at radius 2 is 1.71 bits per heavy atom. The van der Waals surface area contributed by atoms with E-state index in [0.29, 0.717) is 11.8 Å². The van der Waals surface area contributed by atoms with Gasteiger partial charge in [0, 0.05) is 13.1 Å². The molecule has 0 spiro atoms. The molecule has 3 heteroatoms. The fourth-order valence-corrected chi connectivity index (χ4v) is 1.87. The zero-order valence-electron chi connectivity index (χ0n) is 11.7. The van der Waals surface area contributed by atoms with Gasteiger partial charge in [-0.1, -0.05) is 27.7 Å². The SMILES string of the molecule is Cc1cc(N(CC(C)C)CC(C)C)ncc1N. The highest BCUT2D eigenvalue weighted by atomic mass is 15.2. The monoisotopic (exact) mass is 235 g/mol. The number of nitrogens with two attached hydrogens (primary N) is 1. The molecule has 0 aliphatic heterocycles. The van der Waals surface area contributed by atoms with E-state index in [2.05, 4.69) is 43.6 Å². The Bertz CT molecular complexity index is 348. The topological polar surface area (TPSA) is 42.2 Å². The average Bonchev–Trinajstić information content (AvgIpc) is 2.19. The van der Waals surface area contributed by atoms with E-state index in [-0.39, 0.29) is 0 Å². The van der Waals surface area contributed by atoms with Gasteiger partial charge < -0.3 is 10.6 Å². The van der Waals surface area contributed by atoms with E-state index in [1.165, 1.54) is 0 Å². The van der Waals surface area contributed by atoms with E-state index >= 15 is 0 Å². The van der Waals surface area contributed by atoms with Gasteiger partial charge in [-0.2, -0.15) is 0 Å². The first-order valence-electron chi connectivity index (χ1n) is 6.37. The number of hydrogen-bond donors (Lipinski definition) is 1. The number of anilines is 2. The van der Waals surface area contributed by atoms with Gasteiger partial charge in [-0.15, -0.1) is 0 Å². The van der Waals surface area contributed by atoms with Crippen molar-refractivity contribution in [2.45, 2.75) is 34.6 Å². The molecule has 0 fully saturated rings. The molecule has 0 aliphatic carbocycles. The van der Waals surface area contributed by atoms with Crippen molar-refractivity contribution in [1.29, 1.82) is 0 Å². The first kappa shape index (κ1) is 13.8. The second kappa shape index (κ2) is 5.89. The van der Waals surface area contributed by atoms with E-state index in [1.54, 1.807) is 6.20 Å². The second-order valence-electron chi connectivity index (χ2n) is 5.59. The minimum atomic E-state index is 0.633. The van der Waals surface area contributed by atoms with Crippen LogP contribution in [0.2, 0.25) is 0 Å².